The first-order chi connectivity index (χ1) is 5.74. The predicted octanol–water partition coefficient (Wildman–Crippen LogP) is 2.38. The molecule has 0 aromatic heterocycles. The monoisotopic (exact) mass is 227 g/mol. The molecule has 0 spiro atoms. The molecule has 0 bridgehead atoms. The van der Waals surface area contributed by atoms with Crippen molar-refractivity contribution in [3.63, 3.8) is 0 Å². The van der Waals surface area contributed by atoms with Gasteiger partial charge in [0.05, 0.1) is 0 Å². The minimum Gasteiger partial charge on any atom is -0.507 e. The number of phenols is 1. The second-order valence-corrected chi connectivity index (χ2v) is 3.02. The summed E-state index contributed by atoms with van der Waals surface area (Å²) in [6.45, 7) is 0. The highest BCUT2D eigenvalue weighted by atomic mass is 79.9. The van der Waals surface area contributed by atoms with Crippen molar-refractivity contribution in [2.75, 3.05) is 11.1 Å². The van der Waals surface area contributed by atoms with Crippen LogP contribution in [-0.2, 0) is 0 Å². The zero-order chi connectivity index (χ0) is 8.97. The van der Waals surface area contributed by atoms with E-state index in [0.29, 0.717) is 5.69 Å². The maximum Gasteiger partial charge on any atom is 0.122 e. The van der Waals surface area contributed by atoms with Crippen molar-refractivity contribution in [3.8, 4) is 5.75 Å². The fourth-order valence-corrected chi connectivity index (χ4v) is 1.06. The van der Waals surface area contributed by atoms with Gasteiger partial charge in [-0.2, -0.15) is 0 Å². The summed E-state index contributed by atoms with van der Waals surface area (Å²) in [5.41, 5.74) is 6.94. The average Bonchev–Trinajstić information content (AvgIpc) is 2.07. The first-order valence-electron chi connectivity index (χ1n) is 3.55. The lowest BCUT2D eigenvalue weighted by molar-refractivity contribution is 0.474. The first kappa shape index (κ1) is 9.13. The fourth-order valence-electron chi connectivity index (χ4n) is 0.878. The molecule has 1 aromatic rings. The van der Waals surface area contributed by atoms with E-state index in [4.69, 9.17) is 5.73 Å². The molecule has 0 aliphatic carbocycles. The van der Waals surface area contributed by atoms with Crippen LogP contribution in [0.4, 0.5) is 5.69 Å². The van der Waals surface area contributed by atoms with Crippen LogP contribution in [0.5, 0.6) is 5.75 Å². The average molecular weight is 228 g/mol. The Morgan fingerprint density at radius 2 is 2.25 bits per heavy atom. The molecule has 0 heterocycles. The minimum absolute atomic E-state index is 0.251. The Morgan fingerprint density at radius 1 is 1.50 bits per heavy atom. The molecular weight excluding hydrogens is 218 g/mol. The summed E-state index contributed by atoms with van der Waals surface area (Å²) in [7, 11) is 0. The van der Waals surface area contributed by atoms with Crippen molar-refractivity contribution < 1.29 is 5.11 Å². The van der Waals surface area contributed by atoms with E-state index in [2.05, 4.69) is 15.9 Å². The number of hydrogen-bond donors (Lipinski definition) is 2. The van der Waals surface area contributed by atoms with Gasteiger partial charge in [-0.3, -0.25) is 0 Å². The summed E-state index contributed by atoms with van der Waals surface area (Å²) in [4.78, 5) is 0. The van der Waals surface area contributed by atoms with E-state index in [1.54, 1.807) is 18.2 Å². The van der Waals surface area contributed by atoms with Crippen LogP contribution in [0.2, 0.25) is 0 Å². The van der Waals surface area contributed by atoms with Crippen molar-refractivity contribution in [1.82, 2.24) is 0 Å². The maximum atomic E-state index is 9.34. The van der Waals surface area contributed by atoms with Gasteiger partial charge in [0.1, 0.15) is 5.75 Å². The molecule has 0 atom stereocenters. The quantitative estimate of drug-likeness (QED) is 0.463. The number of anilines is 1. The van der Waals surface area contributed by atoms with Gasteiger partial charge in [0.15, 0.2) is 0 Å². The Bertz CT molecular complexity index is 297. The number of halogens is 1. The molecule has 0 aliphatic rings. The van der Waals surface area contributed by atoms with Gasteiger partial charge in [0.25, 0.3) is 0 Å². The third-order valence-corrected chi connectivity index (χ3v) is 1.81. The van der Waals surface area contributed by atoms with Crippen molar-refractivity contribution in [2.24, 2.45) is 0 Å². The number of aromatic hydroxyl groups is 1. The second kappa shape index (κ2) is 4.16. The predicted molar refractivity (Wildman–Crippen MR) is 55.3 cm³/mol. The number of hydrogen-bond acceptors (Lipinski definition) is 2. The van der Waals surface area contributed by atoms with E-state index in [1.807, 2.05) is 12.2 Å². The SMILES string of the molecule is Nc1ccc(O)c(C=CCBr)c1. The standard InChI is InChI=1S/C9H10BrNO/c10-5-1-2-7-6-8(11)3-4-9(7)12/h1-4,6,12H,5,11H2. The summed E-state index contributed by atoms with van der Waals surface area (Å²) in [6, 6.07) is 4.98. The van der Waals surface area contributed by atoms with Crippen LogP contribution < -0.4 is 5.73 Å². The van der Waals surface area contributed by atoms with Gasteiger partial charge in [0, 0.05) is 16.6 Å². The summed E-state index contributed by atoms with van der Waals surface area (Å²) in [6.07, 6.45) is 3.72. The van der Waals surface area contributed by atoms with Crippen molar-refractivity contribution >= 4 is 27.7 Å². The van der Waals surface area contributed by atoms with Crippen LogP contribution in [0.15, 0.2) is 24.3 Å². The molecule has 0 unspecified atom stereocenters. The number of phenolic OH excluding ortho intramolecular Hbond substituents is 1. The topological polar surface area (TPSA) is 46.2 Å². The second-order valence-electron chi connectivity index (χ2n) is 2.37. The molecule has 0 fully saturated rings. The van der Waals surface area contributed by atoms with Gasteiger partial charge in [0.2, 0.25) is 0 Å². The number of rotatable bonds is 2. The lowest BCUT2D eigenvalue weighted by Gasteiger charge is -1.99. The molecule has 3 N–H and O–H groups in total. The first-order valence-corrected chi connectivity index (χ1v) is 4.67. The minimum atomic E-state index is 0.251. The third-order valence-electron chi connectivity index (χ3n) is 1.44. The van der Waals surface area contributed by atoms with Crippen molar-refractivity contribution in [3.05, 3.63) is 29.8 Å². The zero-order valence-electron chi connectivity index (χ0n) is 6.50. The fraction of sp³-hybridized carbons (Fsp3) is 0.111. The van der Waals surface area contributed by atoms with Gasteiger partial charge >= 0.3 is 0 Å². The Kier molecular flexibility index (Phi) is 3.17. The van der Waals surface area contributed by atoms with E-state index >= 15 is 0 Å². The number of nitrogen functional groups attached to an aromatic ring is 1. The molecule has 0 radical (unpaired) electrons. The van der Waals surface area contributed by atoms with Gasteiger partial charge in [-0.1, -0.05) is 28.1 Å². The molecule has 0 aliphatic heterocycles. The molecule has 64 valence electrons. The molecular formula is C9H10BrNO. The maximum absolute atomic E-state index is 9.34. The van der Waals surface area contributed by atoms with Gasteiger partial charge in [-0.15, -0.1) is 0 Å². The van der Waals surface area contributed by atoms with Crippen LogP contribution in [0, 0.1) is 0 Å². The Morgan fingerprint density at radius 3 is 2.92 bits per heavy atom. The van der Waals surface area contributed by atoms with E-state index < -0.39 is 0 Å². The Balaban J connectivity index is 2.97. The van der Waals surface area contributed by atoms with E-state index in [9.17, 15) is 5.11 Å². The third kappa shape index (κ3) is 2.27. The molecule has 3 heteroatoms. The zero-order valence-corrected chi connectivity index (χ0v) is 8.08. The largest absolute Gasteiger partial charge is 0.507 e. The number of nitrogens with two attached hydrogens (primary N) is 1. The highest BCUT2D eigenvalue weighted by molar-refractivity contribution is 9.09. The summed E-state index contributed by atoms with van der Waals surface area (Å²) >= 11 is 3.25. The molecule has 12 heavy (non-hydrogen) atoms. The molecule has 0 saturated heterocycles. The number of allylic oxidation sites excluding steroid dienone is 1. The summed E-state index contributed by atoms with van der Waals surface area (Å²) in [5.74, 6) is 0.251. The summed E-state index contributed by atoms with van der Waals surface area (Å²) < 4.78 is 0. The van der Waals surface area contributed by atoms with Crippen LogP contribution in [0.3, 0.4) is 0 Å². The lowest BCUT2D eigenvalue weighted by Crippen LogP contribution is -1.84. The Hall–Kier alpha value is -0.960. The van der Waals surface area contributed by atoms with Gasteiger partial charge in [-0.25, -0.2) is 0 Å². The van der Waals surface area contributed by atoms with E-state index in [1.165, 1.54) is 0 Å². The molecule has 0 saturated carbocycles. The number of benzene rings is 1. The van der Waals surface area contributed by atoms with Crippen LogP contribution in [0.25, 0.3) is 6.08 Å². The van der Waals surface area contributed by atoms with Crippen LogP contribution in [0.1, 0.15) is 5.56 Å². The van der Waals surface area contributed by atoms with Crippen molar-refractivity contribution in [2.45, 2.75) is 0 Å². The molecule has 2 nitrogen and oxygen atoms in total. The smallest absolute Gasteiger partial charge is 0.122 e. The Labute approximate surface area is 79.8 Å². The highest BCUT2D eigenvalue weighted by Crippen LogP contribution is 2.20. The van der Waals surface area contributed by atoms with Crippen molar-refractivity contribution in [1.29, 1.82) is 0 Å². The normalized spacial score (nSPS) is 10.8. The highest BCUT2D eigenvalue weighted by Gasteiger charge is 1.95. The molecule has 0 amide bonds. The van der Waals surface area contributed by atoms with E-state index in [-0.39, 0.29) is 5.75 Å². The van der Waals surface area contributed by atoms with Gasteiger partial charge in [-0.05, 0) is 18.2 Å². The van der Waals surface area contributed by atoms with E-state index in [0.717, 1.165) is 10.9 Å². The molecule has 1 rings (SSSR count). The lowest BCUT2D eigenvalue weighted by atomic mass is 10.1. The van der Waals surface area contributed by atoms with Gasteiger partial charge < -0.3 is 10.8 Å². The summed E-state index contributed by atoms with van der Waals surface area (Å²) in [5, 5.41) is 10.1. The van der Waals surface area contributed by atoms with Crippen LogP contribution in [-0.4, -0.2) is 10.4 Å². The number of alkyl halides is 1. The molecule has 1 aromatic carbocycles. The van der Waals surface area contributed by atoms with Crippen LogP contribution >= 0.6 is 15.9 Å².